The molecule has 0 saturated heterocycles. The van der Waals surface area contributed by atoms with Crippen molar-refractivity contribution in [3.63, 3.8) is 0 Å². The van der Waals surface area contributed by atoms with Crippen molar-refractivity contribution < 1.29 is 9.32 Å². The second-order valence-electron chi connectivity index (χ2n) is 6.56. The van der Waals surface area contributed by atoms with Crippen LogP contribution in [0.3, 0.4) is 0 Å². The molecule has 1 aliphatic heterocycles. The van der Waals surface area contributed by atoms with Gasteiger partial charge in [-0.25, -0.2) is 0 Å². The SMILES string of the molecule is CCNC(=O)C[C@@H]1N=C(c2ccc(Cl)cc2)c2cccnc2-c2c(C)noc21. The zero-order valence-electron chi connectivity index (χ0n) is 15.6. The third-order valence-electron chi connectivity index (χ3n) is 4.65. The van der Waals surface area contributed by atoms with Gasteiger partial charge in [-0.2, -0.15) is 0 Å². The van der Waals surface area contributed by atoms with Crippen LogP contribution in [0.2, 0.25) is 5.02 Å². The molecular weight excluding hydrogens is 376 g/mol. The molecule has 0 saturated carbocycles. The van der Waals surface area contributed by atoms with Crippen molar-refractivity contribution in [3.05, 3.63) is 70.2 Å². The van der Waals surface area contributed by atoms with Crippen LogP contribution in [0.1, 0.15) is 42.0 Å². The zero-order valence-corrected chi connectivity index (χ0v) is 16.3. The maximum absolute atomic E-state index is 12.3. The van der Waals surface area contributed by atoms with Crippen LogP contribution < -0.4 is 5.32 Å². The monoisotopic (exact) mass is 394 g/mol. The molecule has 1 N–H and O–H groups in total. The van der Waals surface area contributed by atoms with Crippen LogP contribution in [-0.2, 0) is 4.79 Å². The number of pyridine rings is 1. The Labute approximate surface area is 167 Å². The van der Waals surface area contributed by atoms with Gasteiger partial charge in [0, 0.05) is 28.9 Å². The molecule has 2 aromatic heterocycles. The first-order valence-corrected chi connectivity index (χ1v) is 9.48. The van der Waals surface area contributed by atoms with Crippen molar-refractivity contribution >= 4 is 23.2 Å². The van der Waals surface area contributed by atoms with Crippen LogP contribution in [-0.4, -0.2) is 28.3 Å². The number of nitrogens with zero attached hydrogens (tertiary/aromatic N) is 3. The van der Waals surface area contributed by atoms with E-state index >= 15 is 0 Å². The number of hydrogen-bond acceptors (Lipinski definition) is 5. The van der Waals surface area contributed by atoms with Gasteiger partial charge in [-0.1, -0.05) is 28.9 Å². The molecule has 3 aromatic rings. The summed E-state index contributed by atoms with van der Waals surface area (Å²) in [6, 6.07) is 10.8. The number of halogens is 1. The standard InChI is InChI=1S/C21H19ClN4O2/c1-3-23-17(27)11-16-21-18(12(2)26-28-21)20-15(5-4-10-24-20)19(25-16)13-6-8-14(22)9-7-13/h4-10,16H,3,11H2,1-2H3,(H,23,27)/t16-/m0/s1. The Hall–Kier alpha value is -2.99. The molecule has 6 nitrogen and oxygen atoms in total. The highest BCUT2D eigenvalue weighted by atomic mass is 35.5. The summed E-state index contributed by atoms with van der Waals surface area (Å²) in [4.78, 5) is 21.8. The Morgan fingerprint density at radius 2 is 2.04 bits per heavy atom. The van der Waals surface area contributed by atoms with E-state index in [4.69, 9.17) is 21.1 Å². The van der Waals surface area contributed by atoms with E-state index in [1.807, 2.05) is 50.2 Å². The van der Waals surface area contributed by atoms with E-state index < -0.39 is 6.04 Å². The van der Waals surface area contributed by atoms with Gasteiger partial charge in [-0.05, 0) is 38.1 Å². The second kappa shape index (κ2) is 7.56. The molecule has 0 fully saturated rings. The van der Waals surface area contributed by atoms with Crippen molar-refractivity contribution in [2.75, 3.05) is 6.54 Å². The summed E-state index contributed by atoms with van der Waals surface area (Å²) in [5, 5.41) is 7.60. The lowest BCUT2D eigenvalue weighted by Crippen LogP contribution is -2.24. The maximum Gasteiger partial charge on any atom is 0.222 e. The number of benzene rings is 1. The molecule has 1 aliphatic rings. The van der Waals surface area contributed by atoms with E-state index in [-0.39, 0.29) is 12.3 Å². The van der Waals surface area contributed by atoms with Gasteiger partial charge in [0.1, 0.15) is 6.04 Å². The summed E-state index contributed by atoms with van der Waals surface area (Å²) in [5.74, 6) is 0.471. The average molecular weight is 395 g/mol. The fourth-order valence-electron chi connectivity index (χ4n) is 3.40. The lowest BCUT2D eigenvalue weighted by molar-refractivity contribution is -0.121. The molecule has 1 amide bonds. The van der Waals surface area contributed by atoms with Crippen molar-refractivity contribution in [2.45, 2.75) is 26.3 Å². The smallest absolute Gasteiger partial charge is 0.222 e. The molecule has 1 aromatic carbocycles. The molecule has 0 spiro atoms. The van der Waals surface area contributed by atoms with E-state index in [2.05, 4.69) is 15.5 Å². The van der Waals surface area contributed by atoms with Gasteiger partial charge in [0.15, 0.2) is 5.76 Å². The number of carbonyl (C=O) groups is 1. The third kappa shape index (κ3) is 3.31. The number of nitrogens with one attached hydrogen (secondary N) is 1. The number of aryl methyl sites for hydroxylation is 1. The minimum Gasteiger partial charge on any atom is -0.358 e. The predicted octanol–water partition coefficient (Wildman–Crippen LogP) is 4.12. The van der Waals surface area contributed by atoms with Gasteiger partial charge in [0.2, 0.25) is 5.91 Å². The predicted molar refractivity (Wildman–Crippen MR) is 108 cm³/mol. The van der Waals surface area contributed by atoms with Crippen molar-refractivity contribution in [1.82, 2.24) is 15.5 Å². The average Bonchev–Trinajstić information content (AvgIpc) is 3.01. The van der Waals surface area contributed by atoms with Gasteiger partial charge in [-0.15, -0.1) is 0 Å². The molecule has 28 heavy (non-hydrogen) atoms. The molecule has 0 radical (unpaired) electrons. The first kappa shape index (κ1) is 18.4. The van der Waals surface area contributed by atoms with E-state index in [9.17, 15) is 4.79 Å². The maximum atomic E-state index is 12.3. The van der Waals surface area contributed by atoms with Crippen LogP contribution in [0.5, 0.6) is 0 Å². The first-order valence-electron chi connectivity index (χ1n) is 9.10. The van der Waals surface area contributed by atoms with Crippen molar-refractivity contribution in [3.8, 4) is 11.3 Å². The molecule has 3 heterocycles. The number of rotatable bonds is 4. The summed E-state index contributed by atoms with van der Waals surface area (Å²) in [6.45, 7) is 4.32. The molecule has 1 atom stereocenters. The van der Waals surface area contributed by atoms with Crippen LogP contribution in [0.4, 0.5) is 0 Å². The molecular formula is C21H19ClN4O2. The van der Waals surface area contributed by atoms with Gasteiger partial charge >= 0.3 is 0 Å². The summed E-state index contributed by atoms with van der Waals surface area (Å²) in [5.41, 5.74) is 4.80. The van der Waals surface area contributed by atoms with Gasteiger partial charge in [-0.3, -0.25) is 14.8 Å². The molecule has 0 bridgehead atoms. The molecule has 0 unspecified atom stereocenters. The van der Waals surface area contributed by atoms with Crippen LogP contribution in [0.15, 0.2) is 52.1 Å². The normalized spacial score (nSPS) is 15.2. The number of hydrogen-bond donors (Lipinski definition) is 1. The molecule has 0 aliphatic carbocycles. The molecule has 142 valence electrons. The lowest BCUT2D eigenvalue weighted by Gasteiger charge is -2.12. The number of aromatic nitrogens is 2. The van der Waals surface area contributed by atoms with Gasteiger partial charge in [0.25, 0.3) is 0 Å². The summed E-state index contributed by atoms with van der Waals surface area (Å²) >= 11 is 6.06. The van der Waals surface area contributed by atoms with Gasteiger partial charge in [0.05, 0.1) is 29.1 Å². The molecule has 4 rings (SSSR count). The minimum absolute atomic E-state index is 0.0920. The Balaban J connectivity index is 1.92. The highest BCUT2D eigenvalue weighted by Crippen LogP contribution is 2.39. The highest BCUT2D eigenvalue weighted by molar-refractivity contribution is 6.30. The number of amides is 1. The molecule has 7 heteroatoms. The van der Waals surface area contributed by atoms with Crippen LogP contribution >= 0.6 is 11.6 Å². The van der Waals surface area contributed by atoms with E-state index in [1.54, 1.807) is 6.20 Å². The van der Waals surface area contributed by atoms with Gasteiger partial charge < -0.3 is 9.84 Å². The Kier molecular flexibility index (Phi) is 4.96. The van der Waals surface area contributed by atoms with Crippen LogP contribution in [0, 0.1) is 6.92 Å². The third-order valence-corrected chi connectivity index (χ3v) is 4.90. The number of aliphatic imine (C=N–C) groups is 1. The van der Waals surface area contributed by atoms with Crippen LogP contribution in [0.25, 0.3) is 11.3 Å². The quantitative estimate of drug-likeness (QED) is 0.721. The van der Waals surface area contributed by atoms with E-state index in [0.717, 1.165) is 33.8 Å². The summed E-state index contributed by atoms with van der Waals surface area (Å²) in [6.07, 6.45) is 1.90. The van der Waals surface area contributed by atoms with E-state index in [0.29, 0.717) is 17.3 Å². The number of carbonyl (C=O) groups excluding carboxylic acids is 1. The number of fused-ring (bicyclic) bond motifs is 3. The van der Waals surface area contributed by atoms with E-state index in [1.165, 1.54) is 0 Å². The fraction of sp³-hybridized carbons (Fsp3) is 0.238. The fourth-order valence-corrected chi connectivity index (χ4v) is 3.53. The Morgan fingerprint density at radius 1 is 1.25 bits per heavy atom. The largest absolute Gasteiger partial charge is 0.358 e. The topological polar surface area (TPSA) is 80.4 Å². The second-order valence-corrected chi connectivity index (χ2v) is 7.00. The first-order chi connectivity index (χ1) is 13.6. The van der Waals surface area contributed by atoms with Crippen molar-refractivity contribution in [1.29, 1.82) is 0 Å². The Morgan fingerprint density at radius 3 is 2.79 bits per heavy atom. The summed E-state index contributed by atoms with van der Waals surface area (Å²) in [7, 11) is 0. The minimum atomic E-state index is -0.498. The Bertz CT molecular complexity index is 1060. The zero-order chi connectivity index (χ0) is 19.7. The highest BCUT2D eigenvalue weighted by Gasteiger charge is 2.32. The lowest BCUT2D eigenvalue weighted by atomic mass is 9.97. The summed E-state index contributed by atoms with van der Waals surface area (Å²) < 4.78 is 5.62. The van der Waals surface area contributed by atoms with Crippen molar-refractivity contribution in [2.24, 2.45) is 4.99 Å².